The second-order valence-corrected chi connectivity index (χ2v) is 20.9. The molecule has 0 bridgehead atoms. The first kappa shape index (κ1) is 43.9. The predicted molar refractivity (Wildman–Crippen MR) is 246 cm³/mol. The van der Waals surface area contributed by atoms with Crippen molar-refractivity contribution in [2.24, 2.45) is 0 Å². The van der Waals surface area contributed by atoms with Crippen molar-refractivity contribution in [2.75, 3.05) is 0 Å². The van der Waals surface area contributed by atoms with Crippen molar-refractivity contribution in [3.63, 3.8) is 0 Å². The molecule has 5 aromatic rings. The van der Waals surface area contributed by atoms with Gasteiger partial charge in [0.1, 0.15) is 0 Å². The molecule has 1 aliphatic rings. The van der Waals surface area contributed by atoms with E-state index >= 15 is 0 Å². The van der Waals surface area contributed by atoms with E-state index in [4.69, 9.17) is 9.31 Å². The molecule has 3 nitrogen and oxygen atoms in total. The first-order valence-electron chi connectivity index (χ1n) is 20.4. The lowest BCUT2D eigenvalue weighted by molar-refractivity contribution is 0.00578. The Morgan fingerprint density at radius 1 is 0.589 bits per heavy atom. The van der Waals surface area contributed by atoms with Crippen LogP contribution in [0.1, 0.15) is 150 Å². The van der Waals surface area contributed by atoms with Crippen LogP contribution in [0.5, 0.6) is 0 Å². The van der Waals surface area contributed by atoms with Crippen molar-refractivity contribution in [3.8, 4) is 22.3 Å². The average molecular weight is 818 g/mol. The fourth-order valence-electron chi connectivity index (χ4n) is 7.28. The smallest absolute Gasteiger partial charge is 0.399 e. The largest absolute Gasteiger partial charge is 0.495 e. The van der Waals surface area contributed by atoms with Crippen LogP contribution in [0.15, 0.2) is 95.5 Å². The van der Waals surface area contributed by atoms with Crippen molar-refractivity contribution < 1.29 is 14.4 Å². The lowest BCUT2D eigenvalue weighted by atomic mass is 9.70. The van der Waals surface area contributed by atoms with Crippen LogP contribution in [-0.2, 0) is 25.7 Å². The Labute approximate surface area is 347 Å². The van der Waals surface area contributed by atoms with Gasteiger partial charge in [-0.3, -0.25) is 0 Å². The van der Waals surface area contributed by atoms with Crippen molar-refractivity contribution >= 4 is 39.3 Å². The van der Waals surface area contributed by atoms with Gasteiger partial charge in [0, 0.05) is 4.47 Å². The minimum atomic E-state index is -0.926. The summed E-state index contributed by atoms with van der Waals surface area (Å²) in [5.41, 5.74) is 10.7. The van der Waals surface area contributed by atoms with Crippen LogP contribution < -0.4 is 5.46 Å². The average Bonchev–Trinajstić information content (AvgIpc) is 3.31. The molecule has 1 fully saturated rings. The Morgan fingerprint density at radius 3 is 1.64 bits per heavy atom. The Hall–Kier alpha value is -3.22. The minimum Gasteiger partial charge on any atom is -0.399 e. The zero-order valence-electron chi connectivity index (χ0n) is 37.0. The number of aliphatic hydroxyl groups is 1. The van der Waals surface area contributed by atoms with E-state index in [1.165, 1.54) is 55.2 Å². The van der Waals surface area contributed by atoms with E-state index in [9.17, 15) is 5.11 Å². The molecule has 5 heteroatoms. The molecule has 6 rings (SSSR count). The van der Waals surface area contributed by atoms with E-state index < -0.39 is 5.60 Å². The summed E-state index contributed by atoms with van der Waals surface area (Å²) in [6.07, 6.45) is 0. The second-order valence-electron chi connectivity index (χ2n) is 20.0. The standard InChI is InChI=1S/C29H35BrO.C22H31BO2/c1-27(2,3)21-12-9-19(10-13-21)23-15-14-22(28(4,5)6)18-24(23)20-11-16-26(30)25(17-20)29(7,8)31;1-14(2)17-10-9-16-11-12-18(15(3)4)20(19(16)13-17)23-24-21(5,6)22(7,8)25-23/h9-18,31H,1-8H3;9-15H,1-8H3. The summed E-state index contributed by atoms with van der Waals surface area (Å²) in [5.74, 6) is 0.916. The molecule has 5 aromatic carbocycles. The quantitative estimate of drug-likeness (QED) is 0.174. The van der Waals surface area contributed by atoms with Crippen molar-refractivity contribution in [1.29, 1.82) is 0 Å². The first-order valence-corrected chi connectivity index (χ1v) is 21.2. The summed E-state index contributed by atoms with van der Waals surface area (Å²) in [4.78, 5) is 0. The summed E-state index contributed by atoms with van der Waals surface area (Å²) in [6.45, 7) is 34.5. The third-order valence-electron chi connectivity index (χ3n) is 11.8. The lowest BCUT2D eigenvalue weighted by Crippen LogP contribution is -2.41. The monoisotopic (exact) mass is 816 g/mol. The molecule has 1 aliphatic heterocycles. The van der Waals surface area contributed by atoms with Gasteiger partial charge in [0.2, 0.25) is 0 Å². The Bertz CT molecular complexity index is 2150. The summed E-state index contributed by atoms with van der Waals surface area (Å²) >= 11 is 3.61. The van der Waals surface area contributed by atoms with E-state index in [0.29, 0.717) is 11.8 Å². The number of hydrogen-bond donors (Lipinski definition) is 1. The number of fused-ring (bicyclic) bond motifs is 1. The molecule has 56 heavy (non-hydrogen) atoms. The minimum absolute atomic E-state index is 0.0534. The molecule has 0 saturated carbocycles. The van der Waals surface area contributed by atoms with Crippen LogP contribution in [0.25, 0.3) is 33.0 Å². The SMILES string of the molecule is CC(C)(C)c1ccc(-c2ccc(C(C)(C)C)cc2-c2ccc(Br)c(C(C)(C)O)c2)cc1.CC(C)c1ccc2ccc(C(C)C)c(B3OC(C)(C)C(C)(C)O3)c2c1. The van der Waals surface area contributed by atoms with Gasteiger partial charge in [0.25, 0.3) is 0 Å². The topological polar surface area (TPSA) is 38.7 Å². The Kier molecular flexibility index (Phi) is 12.4. The van der Waals surface area contributed by atoms with Crippen molar-refractivity contribution in [1.82, 2.24) is 0 Å². The van der Waals surface area contributed by atoms with Gasteiger partial charge in [-0.2, -0.15) is 0 Å². The van der Waals surface area contributed by atoms with Crippen LogP contribution in [0.4, 0.5) is 0 Å². The molecule has 1 heterocycles. The molecule has 0 atom stereocenters. The van der Waals surface area contributed by atoms with E-state index in [0.717, 1.165) is 15.6 Å². The van der Waals surface area contributed by atoms with Crippen molar-refractivity contribution in [2.45, 2.75) is 150 Å². The molecular weight excluding hydrogens is 751 g/mol. The van der Waals surface area contributed by atoms with Gasteiger partial charge in [-0.05, 0) is 143 Å². The molecule has 0 aromatic heterocycles. The van der Waals surface area contributed by atoms with Gasteiger partial charge in [0.15, 0.2) is 0 Å². The fourth-order valence-corrected chi connectivity index (χ4v) is 8.01. The zero-order chi connectivity index (χ0) is 41.8. The van der Waals surface area contributed by atoms with E-state index in [2.05, 4.69) is 198 Å². The molecule has 0 unspecified atom stereocenters. The molecule has 0 aliphatic carbocycles. The summed E-state index contributed by atoms with van der Waals surface area (Å²) in [6, 6.07) is 33.3. The second kappa shape index (κ2) is 15.9. The van der Waals surface area contributed by atoms with Crippen molar-refractivity contribution in [3.05, 3.63) is 123 Å². The van der Waals surface area contributed by atoms with E-state index in [-0.39, 0.29) is 29.2 Å². The fraction of sp³-hybridized carbons (Fsp3) is 0.451. The molecular formula is C51H66BBrO3. The molecule has 0 spiro atoms. The van der Waals surface area contributed by atoms with Crippen LogP contribution in [0.2, 0.25) is 0 Å². The highest BCUT2D eigenvalue weighted by Gasteiger charge is 2.52. The zero-order valence-corrected chi connectivity index (χ0v) is 38.6. The molecule has 1 N–H and O–H groups in total. The maximum Gasteiger partial charge on any atom is 0.495 e. The highest BCUT2D eigenvalue weighted by Crippen LogP contribution is 2.41. The van der Waals surface area contributed by atoms with Gasteiger partial charge in [-0.15, -0.1) is 0 Å². The molecule has 0 radical (unpaired) electrons. The van der Waals surface area contributed by atoms with Gasteiger partial charge in [-0.1, -0.05) is 164 Å². The highest BCUT2D eigenvalue weighted by atomic mass is 79.9. The number of rotatable bonds is 6. The molecule has 0 amide bonds. The maximum atomic E-state index is 10.7. The van der Waals surface area contributed by atoms with Gasteiger partial charge >= 0.3 is 7.12 Å². The summed E-state index contributed by atoms with van der Waals surface area (Å²) < 4.78 is 13.8. The number of halogens is 1. The number of benzene rings is 5. The Balaban J connectivity index is 0.000000219. The highest BCUT2D eigenvalue weighted by molar-refractivity contribution is 9.10. The van der Waals surface area contributed by atoms with Crippen LogP contribution in [-0.4, -0.2) is 23.4 Å². The maximum absolute atomic E-state index is 10.7. The van der Waals surface area contributed by atoms with Gasteiger partial charge in [0.05, 0.1) is 16.8 Å². The third-order valence-corrected chi connectivity index (χ3v) is 12.5. The van der Waals surface area contributed by atoms with Crippen LogP contribution in [0, 0.1) is 0 Å². The Morgan fingerprint density at radius 2 is 1.12 bits per heavy atom. The predicted octanol–water partition coefficient (Wildman–Crippen LogP) is 14.0. The third kappa shape index (κ3) is 9.39. The normalized spacial score (nSPS) is 15.8. The van der Waals surface area contributed by atoms with E-state index in [1.807, 2.05) is 19.9 Å². The summed E-state index contributed by atoms with van der Waals surface area (Å²) in [7, 11) is -0.325. The van der Waals surface area contributed by atoms with Crippen LogP contribution in [0.3, 0.4) is 0 Å². The summed E-state index contributed by atoms with van der Waals surface area (Å²) in [5, 5.41) is 13.2. The van der Waals surface area contributed by atoms with Crippen LogP contribution >= 0.6 is 15.9 Å². The molecule has 1 saturated heterocycles. The molecule has 298 valence electrons. The van der Waals surface area contributed by atoms with Gasteiger partial charge in [-0.25, -0.2) is 0 Å². The lowest BCUT2D eigenvalue weighted by Gasteiger charge is -2.32. The number of hydrogen-bond acceptors (Lipinski definition) is 3. The first-order chi connectivity index (χ1) is 25.7. The van der Waals surface area contributed by atoms with E-state index in [1.54, 1.807) is 0 Å². The van der Waals surface area contributed by atoms with Gasteiger partial charge < -0.3 is 14.4 Å².